The lowest BCUT2D eigenvalue weighted by atomic mass is 10.1. The second kappa shape index (κ2) is 5.97. The molecule has 8 nitrogen and oxygen atoms in total. The van der Waals surface area contributed by atoms with Gasteiger partial charge in [-0.05, 0) is 31.2 Å². The third-order valence-electron chi connectivity index (χ3n) is 4.04. The lowest BCUT2D eigenvalue weighted by Crippen LogP contribution is -2.42. The average molecular weight is 324 g/mol. The first kappa shape index (κ1) is 14.7. The van der Waals surface area contributed by atoms with E-state index in [-0.39, 0.29) is 12.0 Å². The molecule has 1 aliphatic heterocycles. The van der Waals surface area contributed by atoms with Gasteiger partial charge in [0, 0.05) is 18.3 Å². The van der Waals surface area contributed by atoms with Crippen LogP contribution in [-0.2, 0) is 4.74 Å². The van der Waals surface area contributed by atoms with Crippen molar-refractivity contribution >= 4 is 16.9 Å². The van der Waals surface area contributed by atoms with E-state index >= 15 is 0 Å². The van der Waals surface area contributed by atoms with Crippen LogP contribution in [0.4, 0.5) is 0 Å². The largest absolute Gasteiger partial charge is 0.368 e. The van der Waals surface area contributed by atoms with E-state index in [4.69, 9.17) is 4.74 Å². The van der Waals surface area contributed by atoms with Gasteiger partial charge in [0.15, 0.2) is 0 Å². The summed E-state index contributed by atoms with van der Waals surface area (Å²) >= 11 is 0. The summed E-state index contributed by atoms with van der Waals surface area (Å²) in [6.07, 6.45) is 1.47. The number of hydrogen-bond acceptors (Lipinski definition) is 6. The molecule has 1 saturated heterocycles. The number of aromatic nitrogens is 5. The average Bonchev–Trinajstić information content (AvgIpc) is 3.09. The molecule has 0 saturated carbocycles. The van der Waals surface area contributed by atoms with Crippen molar-refractivity contribution in [3.05, 3.63) is 47.5 Å². The van der Waals surface area contributed by atoms with Crippen LogP contribution in [0.3, 0.4) is 0 Å². The molecule has 1 aromatic carbocycles. The van der Waals surface area contributed by atoms with Crippen molar-refractivity contribution in [2.45, 2.75) is 13.0 Å². The summed E-state index contributed by atoms with van der Waals surface area (Å²) in [5, 5.41) is 10.6. The van der Waals surface area contributed by atoms with Crippen LogP contribution >= 0.6 is 0 Å². The van der Waals surface area contributed by atoms with Crippen molar-refractivity contribution in [2.24, 2.45) is 0 Å². The number of ether oxygens (including phenoxy) is 1. The Morgan fingerprint density at radius 3 is 3.04 bits per heavy atom. The molecule has 1 atom stereocenters. The lowest BCUT2D eigenvalue weighted by Gasteiger charge is -2.32. The van der Waals surface area contributed by atoms with Crippen molar-refractivity contribution < 1.29 is 9.53 Å². The minimum absolute atomic E-state index is 0.0426. The summed E-state index contributed by atoms with van der Waals surface area (Å²) in [5.41, 5.74) is 2.81. The third kappa shape index (κ3) is 2.71. The van der Waals surface area contributed by atoms with E-state index in [9.17, 15) is 4.79 Å². The molecule has 122 valence electrons. The van der Waals surface area contributed by atoms with Gasteiger partial charge in [-0.25, -0.2) is 9.97 Å². The zero-order valence-electron chi connectivity index (χ0n) is 13.1. The number of aryl methyl sites for hydroxylation is 1. The van der Waals surface area contributed by atoms with Gasteiger partial charge in [0.2, 0.25) is 0 Å². The molecule has 3 heterocycles. The first-order valence-corrected chi connectivity index (χ1v) is 7.71. The molecule has 8 heteroatoms. The summed E-state index contributed by atoms with van der Waals surface area (Å²) in [6, 6.07) is 7.14. The van der Waals surface area contributed by atoms with E-state index in [0.29, 0.717) is 36.6 Å². The highest BCUT2D eigenvalue weighted by Gasteiger charge is 2.27. The quantitative estimate of drug-likeness (QED) is 0.762. The highest BCUT2D eigenvalue weighted by Crippen LogP contribution is 2.22. The monoisotopic (exact) mass is 324 g/mol. The maximum atomic E-state index is 12.8. The number of carbonyl (C=O) groups is 1. The van der Waals surface area contributed by atoms with E-state index in [0.717, 1.165) is 11.2 Å². The van der Waals surface area contributed by atoms with Gasteiger partial charge in [-0.1, -0.05) is 0 Å². The number of morpholine rings is 1. The van der Waals surface area contributed by atoms with Crippen molar-refractivity contribution in [1.82, 2.24) is 30.3 Å². The number of benzene rings is 1. The normalized spacial score (nSPS) is 18.0. The van der Waals surface area contributed by atoms with Crippen LogP contribution in [0, 0.1) is 6.92 Å². The van der Waals surface area contributed by atoms with Gasteiger partial charge < -0.3 is 9.64 Å². The molecule has 1 fully saturated rings. The summed E-state index contributed by atoms with van der Waals surface area (Å²) in [4.78, 5) is 23.1. The van der Waals surface area contributed by atoms with Crippen LogP contribution in [0.25, 0.3) is 11.0 Å². The number of aromatic amines is 1. The van der Waals surface area contributed by atoms with Crippen LogP contribution in [0.2, 0.25) is 0 Å². The molecule has 1 N–H and O–H groups in total. The fourth-order valence-electron chi connectivity index (χ4n) is 2.82. The van der Waals surface area contributed by atoms with Crippen molar-refractivity contribution in [1.29, 1.82) is 0 Å². The molecular weight excluding hydrogens is 308 g/mol. The molecule has 0 radical (unpaired) electrons. The first-order chi connectivity index (χ1) is 11.7. The zero-order valence-corrected chi connectivity index (χ0v) is 13.1. The zero-order chi connectivity index (χ0) is 16.5. The summed E-state index contributed by atoms with van der Waals surface area (Å²) in [6.45, 7) is 3.33. The Hall–Kier alpha value is -2.87. The maximum Gasteiger partial charge on any atom is 0.254 e. The maximum absolute atomic E-state index is 12.8. The summed E-state index contributed by atoms with van der Waals surface area (Å²) < 4.78 is 5.78. The number of nitrogens with zero attached hydrogens (tertiary/aromatic N) is 5. The molecule has 1 amide bonds. The van der Waals surface area contributed by atoms with E-state index in [2.05, 4.69) is 25.4 Å². The fraction of sp³-hybridized carbons (Fsp3) is 0.312. The predicted molar refractivity (Wildman–Crippen MR) is 85.3 cm³/mol. The number of amides is 1. The highest BCUT2D eigenvalue weighted by molar-refractivity contribution is 5.97. The topological polar surface area (TPSA) is 96.9 Å². The fourth-order valence-corrected chi connectivity index (χ4v) is 2.82. The number of carbonyl (C=O) groups excluding carboxylic acids is 1. The molecule has 0 aliphatic carbocycles. The van der Waals surface area contributed by atoms with Gasteiger partial charge >= 0.3 is 0 Å². The third-order valence-corrected chi connectivity index (χ3v) is 4.04. The van der Waals surface area contributed by atoms with Crippen LogP contribution < -0.4 is 0 Å². The molecule has 24 heavy (non-hydrogen) atoms. The number of H-pyrrole nitrogens is 1. The Morgan fingerprint density at radius 2 is 2.17 bits per heavy atom. The number of nitrogens with one attached hydrogen (secondary N) is 1. The SMILES string of the molecule is Cc1nccc([C@@H]2CN(C(=O)c3ccc4n[nH]nc4c3)CCO2)n1. The number of rotatable bonds is 2. The van der Waals surface area contributed by atoms with E-state index < -0.39 is 0 Å². The van der Waals surface area contributed by atoms with Crippen molar-refractivity contribution in [2.75, 3.05) is 19.7 Å². The van der Waals surface area contributed by atoms with E-state index in [1.807, 2.05) is 13.0 Å². The Morgan fingerprint density at radius 1 is 1.29 bits per heavy atom. The molecule has 1 aliphatic rings. The second-order valence-corrected chi connectivity index (χ2v) is 5.67. The summed E-state index contributed by atoms with van der Waals surface area (Å²) in [5.74, 6) is 0.648. The van der Waals surface area contributed by atoms with Gasteiger partial charge in [-0.3, -0.25) is 4.79 Å². The Labute approximate surface area is 137 Å². The minimum Gasteiger partial charge on any atom is -0.368 e. The van der Waals surface area contributed by atoms with Gasteiger partial charge in [-0.15, -0.1) is 0 Å². The molecular formula is C16H16N6O2. The van der Waals surface area contributed by atoms with Crippen LogP contribution in [0.1, 0.15) is 28.0 Å². The van der Waals surface area contributed by atoms with Gasteiger partial charge in [-0.2, -0.15) is 15.4 Å². The van der Waals surface area contributed by atoms with Gasteiger partial charge in [0.25, 0.3) is 5.91 Å². The van der Waals surface area contributed by atoms with Crippen molar-refractivity contribution in [3.8, 4) is 0 Å². The Kier molecular flexibility index (Phi) is 3.66. The predicted octanol–water partition coefficient (Wildman–Crippen LogP) is 1.27. The molecule has 3 aromatic rings. The van der Waals surface area contributed by atoms with Gasteiger partial charge in [0.1, 0.15) is 23.0 Å². The lowest BCUT2D eigenvalue weighted by molar-refractivity contribution is -0.0248. The van der Waals surface area contributed by atoms with E-state index in [1.54, 1.807) is 29.3 Å². The number of fused-ring (bicyclic) bond motifs is 1. The summed E-state index contributed by atoms with van der Waals surface area (Å²) in [7, 11) is 0. The smallest absolute Gasteiger partial charge is 0.254 e. The van der Waals surface area contributed by atoms with Crippen LogP contribution in [-0.4, -0.2) is 55.9 Å². The first-order valence-electron chi connectivity index (χ1n) is 7.71. The van der Waals surface area contributed by atoms with Crippen molar-refractivity contribution in [3.63, 3.8) is 0 Å². The minimum atomic E-state index is -0.236. The molecule has 2 aromatic heterocycles. The Bertz CT molecular complexity index is 893. The highest BCUT2D eigenvalue weighted by atomic mass is 16.5. The standard InChI is InChI=1S/C16H16N6O2/c1-10-17-5-4-13(18-10)15-9-22(6-7-24-15)16(23)11-2-3-12-14(8-11)20-21-19-12/h2-5,8,15H,6-7,9H2,1H3,(H,19,20,21)/t15-/m0/s1. The van der Waals surface area contributed by atoms with Crippen LogP contribution in [0.15, 0.2) is 30.5 Å². The molecule has 0 bridgehead atoms. The second-order valence-electron chi connectivity index (χ2n) is 5.67. The molecule has 0 spiro atoms. The molecule has 4 rings (SSSR count). The van der Waals surface area contributed by atoms with Crippen LogP contribution in [0.5, 0.6) is 0 Å². The van der Waals surface area contributed by atoms with E-state index in [1.165, 1.54) is 0 Å². The Balaban J connectivity index is 1.55. The molecule has 0 unspecified atom stereocenters. The van der Waals surface area contributed by atoms with Gasteiger partial charge in [0.05, 0.1) is 18.8 Å². The number of hydrogen-bond donors (Lipinski definition) is 1.